The van der Waals surface area contributed by atoms with Crippen LogP contribution in [0.5, 0.6) is 17.2 Å². The van der Waals surface area contributed by atoms with Crippen molar-refractivity contribution in [2.45, 2.75) is 57.9 Å². The summed E-state index contributed by atoms with van der Waals surface area (Å²) in [6, 6.07) is 10.4. The fourth-order valence-electron chi connectivity index (χ4n) is 4.68. The van der Waals surface area contributed by atoms with Crippen molar-refractivity contribution in [2.75, 3.05) is 44.4 Å². The van der Waals surface area contributed by atoms with Crippen molar-refractivity contribution in [1.82, 2.24) is 9.79 Å². The molecule has 34 heavy (non-hydrogen) atoms. The number of nitrogens with zero attached hydrogens (tertiary/aromatic N) is 3. The van der Waals surface area contributed by atoms with Crippen molar-refractivity contribution in [2.24, 2.45) is 5.92 Å². The highest BCUT2D eigenvalue weighted by Gasteiger charge is 2.22. The molecule has 2 aliphatic rings. The minimum absolute atomic E-state index is 0.304. The third kappa shape index (κ3) is 7.30. The summed E-state index contributed by atoms with van der Waals surface area (Å²) in [6.45, 7) is 7.35. The minimum atomic E-state index is 0.304. The smallest absolute Gasteiger partial charge is 0.183 e. The van der Waals surface area contributed by atoms with E-state index in [4.69, 9.17) is 22.2 Å². The maximum atomic E-state index is 6.01. The van der Waals surface area contributed by atoms with Crippen LogP contribution in [0.2, 0.25) is 0 Å². The topological polar surface area (TPSA) is 47.1 Å². The van der Waals surface area contributed by atoms with Gasteiger partial charge in [0.2, 0.25) is 0 Å². The molecule has 2 aromatic rings. The Labute approximate surface area is 206 Å². The summed E-state index contributed by atoms with van der Waals surface area (Å²) in [6.07, 6.45) is 11.6. The van der Waals surface area contributed by atoms with E-state index in [9.17, 15) is 0 Å². The van der Waals surface area contributed by atoms with Crippen molar-refractivity contribution in [1.29, 1.82) is 0 Å². The minimum Gasteiger partial charge on any atom is -0.494 e. The van der Waals surface area contributed by atoms with Gasteiger partial charge in [-0.3, -0.25) is 4.98 Å². The Bertz CT molecular complexity index is 858. The zero-order valence-electron chi connectivity index (χ0n) is 20.5. The number of piperidine rings is 1. The second kappa shape index (κ2) is 12.9. The lowest BCUT2D eigenvalue weighted by Crippen LogP contribution is -2.34. The lowest BCUT2D eigenvalue weighted by Gasteiger charge is -2.33. The van der Waals surface area contributed by atoms with E-state index < -0.39 is 0 Å². The Morgan fingerprint density at radius 3 is 2.32 bits per heavy atom. The summed E-state index contributed by atoms with van der Waals surface area (Å²) in [5.41, 5.74) is 1.14. The molecule has 1 aromatic carbocycles. The Hall–Kier alpha value is -2.41. The van der Waals surface area contributed by atoms with Crippen LogP contribution in [0.3, 0.4) is 0 Å². The zero-order chi connectivity index (χ0) is 23.6. The third-order valence-corrected chi connectivity index (χ3v) is 6.93. The van der Waals surface area contributed by atoms with E-state index in [1.54, 1.807) is 6.20 Å². The molecule has 0 bridgehead atoms. The molecule has 0 unspecified atom stereocenters. The fourth-order valence-corrected chi connectivity index (χ4v) is 4.68. The lowest BCUT2D eigenvalue weighted by molar-refractivity contribution is 0.235. The Balaban J connectivity index is 1.15. The van der Waals surface area contributed by atoms with Gasteiger partial charge >= 0.3 is 0 Å². The van der Waals surface area contributed by atoms with Crippen LogP contribution in [0, 0.1) is 5.92 Å². The monoisotopic (exact) mass is 463 g/mol. The molecule has 2 aliphatic heterocycles. The molecule has 182 valence electrons. The van der Waals surface area contributed by atoms with Crippen molar-refractivity contribution < 1.29 is 14.2 Å². The molecule has 7 heteroatoms. The molecule has 0 aliphatic carbocycles. The molecular formula is C27H38BN3O3. The summed E-state index contributed by atoms with van der Waals surface area (Å²) < 4.78 is 17.7. The first-order valence-corrected chi connectivity index (χ1v) is 12.9. The summed E-state index contributed by atoms with van der Waals surface area (Å²) in [7, 11) is 6.01. The van der Waals surface area contributed by atoms with Gasteiger partial charge in [0.25, 0.3) is 0 Å². The Kier molecular flexibility index (Phi) is 9.37. The van der Waals surface area contributed by atoms with E-state index in [0.29, 0.717) is 18.6 Å². The zero-order valence-corrected chi connectivity index (χ0v) is 20.5. The highest BCUT2D eigenvalue weighted by atomic mass is 16.5. The summed E-state index contributed by atoms with van der Waals surface area (Å²) in [5, 5.41) is 0. The first-order valence-electron chi connectivity index (χ1n) is 12.9. The van der Waals surface area contributed by atoms with Crippen molar-refractivity contribution >= 4 is 13.7 Å². The van der Waals surface area contributed by atoms with E-state index in [1.165, 1.54) is 12.8 Å². The molecule has 4 rings (SSSR count). The predicted molar refractivity (Wildman–Crippen MR) is 137 cm³/mol. The normalized spacial score (nSPS) is 19.3. The summed E-state index contributed by atoms with van der Waals surface area (Å²) in [4.78, 5) is 8.72. The lowest BCUT2D eigenvalue weighted by atomic mass is 9.94. The van der Waals surface area contributed by atoms with Gasteiger partial charge in [-0.05, 0) is 75.3 Å². The number of unbranched alkanes of at least 4 members (excludes halogenated alkanes) is 1. The van der Waals surface area contributed by atoms with Gasteiger partial charge in [0.15, 0.2) is 7.98 Å². The van der Waals surface area contributed by atoms with Gasteiger partial charge in [0, 0.05) is 25.2 Å². The van der Waals surface area contributed by atoms with E-state index in [-0.39, 0.29) is 0 Å². The number of rotatable bonds is 12. The molecule has 0 amide bonds. The number of benzene rings is 1. The molecule has 3 heterocycles. The highest BCUT2D eigenvalue weighted by molar-refractivity contribution is 6.04. The maximum Gasteiger partial charge on any atom is 0.183 e. The van der Waals surface area contributed by atoms with Crippen LogP contribution in [0.15, 0.2) is 42.7 Å². The van der Waals surface area contributed by atoms with Gasteiger partial charge in [0.1, 0.15) is 23.9 Å². The van der Waals surface area contributed by atoms with Crippen molar-refractivity contribution in [3.63, 3.8) is 0 Å². The van der Waals surface area contributed by atoms with Gasteiger partial charge in [-0.15, -0.1) is 0 Å². The molecular weight excluding hydrogens is 425 g/mol. The van der Waals surface area contributed by atoms with Crippen LogP contribution in [0.25, 0.3) is 0 Å². The number of hydrogen-bond donors (Lipinski definition) is 0. The first-order chi connectivity index (χ1) is 16.7. The van der Waals surface area contributed by atoms with Gasteiger partial charge in [-0.25, -0.2) is 0 Å². The SMILES string of the molecule is [B]N1CCC[C@H]1COc1cncc(N2CCC(CCOc3ccc(OCCCC)cc3)CC2)c1. The van der Waals surface area contributed by atoms with Crippen LogP contribution >= 0.6 is 0 Å². The van der Waals surface area contributed by atoms with Crippen LogP contribution in [-0.2, 0) is 0 Å². The highest BCUT2D eigenvalue weighted by Crippen LogP contribution is 2.28. The van der Waals surface area contributed by atoms with Crippen LogP contribution in [0.4, 0.5) is 5.69 Å². The molecule has 0 N–H and O–H groups in total. The number of anilines is 1. The molecule has 1 atom stereocenters. The molecule has 2 radical (unpaired) electrons. The molecule has 2 fully saturated rings. The van der Waals surface area contributed by atoms with E-state index in [0.717, 1.165) is 87.9 Å². The largest absolute Gasteiger partial charge is 0.494 e. The number of hydrogen-bond acceptors (Lipinski definition) is 6. The summed E-state index contributed by atoms with van der Waals surface area (Å²) in [5.74, 6) is 3.35. The second-order valence-electron chi connectivity index (χ2n) is 9.46. The van der Waals surface area contributed by atoms with Gasteiger partial charge in [-0.2, -0.15) is 0 Å². The Morgan fingerprint density at radius 1 is 0.912 bits per heavy atom. The van der Waals surface area contributed by atoms with Crippen LogP contribution in [0.1, 0.15) is 51.9 Å². The Morgan fingerprint density at radius 2 is 1.65 bits per heavy atom. The fraction of sp³-hybridized carbons (Fsp3) is 0.593. The van der Waals surface area contributed by atoms with E-state index in [1.807, 2.05) is 35.3 Å². The molecule has 6 nitrogen and oxygen atoms in total. The average Bonchev–Trinajstić information content (AvgIpc) is 3.29. The molecule has 2 saturated heterocycles. The predicted octanol–water partition coefficient (Wildman–Crippen LogP) is 4.87. The first kappa shape index (κ1) is 24.7. The molecule has 0 spiro atoms. The van der Waals surface area contributed by atoms with Crippen molar-refractivity contribution in [3.8, 4) is 17.2 Å². The molecule has 1 aromatic heterocycles. The van der Waals surface area contributed by atoms with Gasteiger partial charge < -0.3 is 23.9 Å². The quantitative estimate of drug-likeness (QED) is 0.331. The maximum absolute atomic E-state index is 6.01. The van der Waals surface area contributed by atoms with Gasteiger partial charge in [0.05, 0.1) is 31.3 Å². The number of pyridine rings is 1. The average molecular weight is 463 g/mol. The van der Waals surface area contributed by atoms with E-state index in [2.05, 4.69) is 22.9 Å². The van der Waals surface area contributed by atoms with Gasteiger partial charge in [-0.1, -0.05) is 13.3 Å². The standard InChI is InChI=1S/C27H38BN3O3/c1-2-3-16-32-25-6-8-26(9-7-25)33-17-12-22-10-14-30(15-11-22)24-18-27(20-29-19-24)34-21-23-5-4-13-31(23)28/h6-9,18-20,22-23H,2-5,10-17,21H2,1H3/t23-/m0/s1. The third-order valence-electron chi connectivity index (χ3n) is 6.93. The number of aromatic nitrogens is 1. The molecule has 0 saturated carbocycles. The van der Waals surface area contributed by atoms with Crippen LogP contribution < -0.4 is 19.1 Å². The van der Waals surface area contributed by atoms with Crippen LogP contribution in [-0.4, -0.2) is 63.3 Å². The number of ether oxygens (including phenoxy) is 3. The van der Waals surface area contributed by atoms with E-state index >= 15 is 0 Å². The summed E-state index contributed by atoms with van der Waals surface area (Å²) >= 11 is 0. The second-order valence-corrected chi connectivity index (χ2v) is 9.46. The van der Waals surface area contributed by atoms with Crippen molar-refractivity contribution in [3.05, 3.63) is 42.7 Å².